The lowest BCUT2D eigenvalue weighted by atomic mass is 9.82. The van der Waals surface area contributed by atoms with Gasteiger partial charge >= 0.3 is 0 Å². The summed E-state index contributed by atoms with van der Waals surface area (Å²) in [7, 11) is 0. The molecule has 1 saturated heterocycles. The summed E-state index contributed by atoms with van der Waals surface area (Å²) >= 11 is 11.3. The van der Waals surface area contributed by atoms with Gasteiger partial charge in [-0.1, -0.05) is 37.7 Å². The molecule has 104 valence electrons. The molecule has 1 heterocycles. The molecule has 0 amide bonds. The second-order valence-corrected chi connectivity index (χ2v) is 6.28. The molecule has 2 N–H and O–H groups in total. The molecule has 0 aliphatic carbocycles. The molecule has 19 heavy (non-hydrogen) atoms. The first-order valence-corrected chi connectivity index (χ1v) is 7.64. The Labute approximate surface area is 125 Å². The third-order valence-corrected chi connectivity index (χ3v) is 4.96. The summed E-state index contributed by atoms with van der Waals surface area (Å²) < 4.78 is 0. The summed E-state index contributed by atoms with van der Waals surface area (Å²) in [5.41, 5.74) is 8.27. The summed E-state index contributed by atoms with van der Waals surface area (Å²) in [5.74, 6) is 0. The van der Waals surface area contributed by atoms with Gasteiger partial charge in [0, 0.05) is 29.4 Å². The second-order valence-electron chi connectivity index (χ2n) is 5.40. The lowest BCUT2D eigenvalue weighted by Gasteiger charge is -2.28. The highest BCUT2D eigenvalue weighted by Crippen LogP contribution is 2.40. The molecule has 1 aliphatic heterocycles. The molecule has 2 rings (SSSR count). The van der Waals surface area contributed by atoms with Crippen LogP contribution in [0.3, 0.4) is 0 Å². The predicted octanol–water partition coefficient (Wildman–Crippen LogP) is 3.99. The maximum absolute atomic E-state index is 6.13. The van der Waals surface area contributed by atoms with E-state index in [1.807, 2.05) is 18.2 Å². The standard InChI is InChI=1S/C15H21ClN2S/c1-3-15(4-2)7-8-18(10-15)13-9-11(16)5-6-12(13)14(17)19/h5-6,9H,3-4,7-8,10H2,1-2H3,(H2,17,19). The van der Waals surface area contributed by atoms with Crippen LogP contribution in [0.2, 0.25) is 5.02 Å². The van der Waals surface area contributed by atoms with Crippen molar-refractivity contribution in [1.82, 2.24) is 0 Å². The number of nitrogens with zero attached hydrogens (tertiary/aromatic N) is 1. The van der Waals surface area contributed by atoms with E-state index in [0.717, 1.165) is 29.4 Å². The molecule has 0 spiro atoms. The fraction of sp³-hybridized carbons (Fsp3) is 0.533. The van der Waals surface area contributed by atoms with Crippen molar-refractivity contribution in [3.8, 4) is 0 Å². The zero-order valence-electron chi connectivity index (χ0n) is 11.6. The molecule has 1 aromatic carbocycles. The van der Waals surface area contributed by atoms with E-state index >= 15 is 0 Å². The molecule has 0 aromatic heterocycles. The highest BCUT2D eigenvalue weighted by Gasteiger charge is 2.35. The number of hydrogen-bond acceptors (Lipinski definition) is 2. The van der Waals surface area contributed by atoms with Crippen molar-refractivity contribution < 1.29 is 0 Å². The number of anilines is 1. The monoisotopic (exact) mass is 296 g/mol. The van der Waals surface area contributed by atoms with Crippen LogP contribution in [-0.4, -0.2) is 18.1 Å². The zero-order chi connectivity index (χ0) is 14.0. The van der Waals surface area contributed by atoms with Crippen LogP contribution in [0, 0.1) is 5.41 Å². The van der Waals surface area contributed by atoms with E-state index in [1.54, 1.807) is 0 Å². The molecule has 0 unspecified atom stereocenters. The Kier molecular flexibility index (Phi) is 4.36. The first kappa shape index (κ1) is 14.6. The van der Waals surface area contributed by atoms with Gasteiger partial charge in [-0.15, -0.1) is 0 Å². The Hall–Kier alpha value is -0.800. The number of hydrogen-bond donors (Lipinski definition) is 1. The van der Waals surface area contributed by atoms with Crippen molar-refractivity contribution >= 4 is 34.5 Å². The van der Waals surface area contributed by atoms with Crippen LogP contribution in [0.5, 0.6) is 0 Å². The van der Waals surface area contributed by atoms with Crippen LogP contribution in [0.25, 0.3) is 0 Å². The lowest BCUT2D eigenvalue weighted by molar-refractivity contribution is 0.301. The molecule has 1 fully saturated rings. The zero-order valence-corrected chi connectivity index (χ0v) is 13.2. The van der Waals surface area contributed by atoms with Crippen molar-refractivity contribution in [3.05, 3.63) is 28.8 Å². The van der Waals surface area contributed by atoms with E-state index in [0.29, 0.717) is 10.4 Å². The smallest absolute Gasteiger partial charge is 0.106 e. The summed E-state index contributed by atoms with van der Waals surface area (Å²) in [6.45, 7) is 6.67. The number of nitrogens with two attached hydrogens (primary N) is 1. The normalized spacial score (nSPS) is 17.7. The Bertz CT molecular complexity index is 483. The minimum absolute atomic E-state index is 0.426. The quantitative estimate of drug-likeness (QED) is 0.852. The van der Waals surface area contributed by atoms with Gasteiger partial charge in [0.1, 0.15) is 4.99 Å². The summed E-state index contributed by atoms with van der Waals surface area (Å²) in [4.78, 5) is 2.82. The van der Waals surface area contributed by atoms with E-state index in [-0.39, 0.29) is 0 Å². The van der Waals surface area contributed by atoms with Gasteiger partial charge < -0.3 is 10.6 Å². The number of thiocarbonyl (C=S) groups is 1. The van der Waals surface area contributed by atoms with Crippen molar-refractivity contribution in [3.63, 3.8) is 0 Å². The molecular formula is C15H21ClN2S. The van der Waals surface area contributed by atoms with Crippen molar-refractivity contribution in [2.75, 3.05) is 18.0 Å². The molecule has 2 nitrogen and oxygen atoms in total. The van der Waals surface area contributed by atoms with Gasteiger partial charge in [0.2, 0.25) is 0 Å². The molecule has 0 saturated carbocycles. The lowest BCUT2D eigenvalue weighted by Crippen LogP contribution is -2.28. The molecule has 1 aliphatic rings. The molecule has 1 aromatic rings. The van der Waals surface area contributed by atoms with E-state index in [2.05, 4.69) is 18.7 Å². The van der Waals surface area contributed by atoms with Gasteiger partial charge in [-0.3, -0.25) is 0 Å². The van der Waals surface area contributed by atoms with Gasteiger partial charge in [0.05, 0.1) is 0 Å². The van der Waals surface area contributed by atoms with Crippen LogP contribution in [0.15, 0.2) is 18.2 Å². The molecule has 0 atom stereocenters. The predicted molar refractivity (Wildman–Crippen MR) is 87.2 cm³/mol. The van der Waals surface area contributed by atoms with Crippen LogP contribution >= 0.6 is 23.8 Å². The highest BCUT2D eigenvalue weighted by molar-refractivity contribution is 7.80. The van der Waals surface area contributed by atoms with E-state index in [9.17, 15) is 0 Å². The third-order valence-electron chi connectivity index (χ3n) is 4.50. The summed E-state index contributed by atoms with van der Waals surface area (Å²) in [6, 6.07) is 5.76. The van der Waals surface area contributed by atoms with Crippen LogP contribution in [0.1, 0.15) is 38.7 Å². The maximum Gasteiger partial charge on any atom is 0.106 e. The average molecular weight is 297 g/mol. The van der Waals surface area contributed by atoms with Crippen molar-refractivity contribution in [2.45, 2.75) is 33.1 Å². The number of benzene rings is 1. The van der Waals surface area contributed by atoms with Crippen molar-refractivity contribution in [1.29, 1.82) is 0 Å². The maximum atomic E-state index is 6.13. The minimum Gasteiger partial charge on any atom is -0.389 e. The fourth-order valence-electron chi connectivity index (χ4n) is 2.94. The van der Waals surface area contributed by atoms with E-state index in [4.69, 9.17) is 29.6 Å². The molecule has 0 radical (unpaired) electrons. The molecule has 0 bridgehead atoms. The van der Waals surface area contributed by atoms with Crippen molar-refractivity contribution in [2.24, 2.45) is 11.1 Å². The molecule has 4 heteroatoms. The van der Waals surface area contributed by atoms with Gasteiger partial charge in [0.15, 0.2) is 0 Å². The van der Waals surface area contributed by atoms with Gasteiger partial charge in [-0.25, -0.2) is 0 Å². The van der Waals surface area contributed by atoms with E-state index in [1.165, 1.54) is 19.3 Å². The SMILES string of the molecule is CCC1(CC)CCN(c2cc(Cl)ccc2C(N)=S)C1. The summed E-state index contributed by atoms with van der Waals surface area (Å²) in [6.07, 6.45) is 3.65. The van der Waals surface area contributed by atoms with Crippen LogP contribution in [0.4, 0.5) is 5.69 Å². The second kappa shape index (κ2) is 5.68. The first-order valence-electron chi connectivity index (χ1n) is 6.85. The average Bonchev–Trinajstić information content (AvgIpc) is 2.83. The van der Waals surface area contributed by atoms with Gasteiger partial charge in [-0.05, 0) is 42.9 Å². The minimum atomic E-state index is 0.426. The highest BCUT2D eigenvalue weighted by atomic mass is 35.5. The number of rotatable bonds is 4. The molecular weight excluding hydrogens is 276 g/mol. The topological polar surface area (TPSA) is 29.3 Å². The fourth-order valence-corrected chi connectivity index (χ4v) is 3.28. The van der Waals surface area contributed by atoms with Gasteiger partial charge in [0.25, 0.3) is 0 Å². The van der Waals surface area contributed by atoms with E-state index < -0.39 is 0 Å². The Morgan fingerprint density at radius 1 is 1.42 bits per heavy atom. The Morgan fingerprint density at radius 2 is 2.11 bits per heavy atom. The summed E-state index contributed by atoms with van der Waals surface area (Å²) in [5, 5.41) is 0.737. The number of halogens is 1. The Balaban J connectivity index is 2.33. The largest absolute Gasteiger partial charge is 0.389 e. The van der Waals surface area contributed by atoms with Crippen LogP contribution in [-0.2, 0) is 0 Å². The first-order chi connectivity index (χ1) is 9.01. The van der Waals surface area contributed by atoms with Crippen LogP contribution < -0.4 is 10.6 Å². The third kappa shape index (κ3) is 2.87. The van der Waals surface area contributed by atoms with Gasteiger partial charge in [-0.2, -0.15) is 0 Å². The Morgan fingerprint density at radius 3 is 2.63 bits per heavy atom.